The summed E-state index contributed by atoms with van der Waals surface area (Å²) in [6.07, 6.45) is 3.29. The number of nitrogens with zero attached hydrogens (tertiary/aromatic N) is 1. The molecule has 6 heteroatoms. The van der Waals surface area contributed by atoms with Crippen molar-refractivity contribution >= 4 is 17.5 Å². The molecule has 0 atom stereocenters. The van der Waals surface area contributed by atoms with E-state index in [1.54, 1.807) is 42.5 Å². The van der Waals surface area contributed by atoms with Crippen molar-refractivity contribution in [2.45, 2.75) is 19.3 Å². The van der Waals surface area contributed by atoms with Crippen molar-refractivity contribution in [1.29, 1.82) is 0 Å². The van der Waals surface area contributed by atoms with E-state index >= 15 is 0 Å². The number of carbonyl (C=O) groups excluding carboxylic acids is 2. The fourth-order valence-electron chi connectivity index (χ4n) is 3.78. The number of likely N-dealkylation sites (tertiary alicyclic amines) is 1. The molecule has 4 rings (SSSR count). The van der Waals surface area contributed by atoms with Crippen molar-refractivity contribution in [3.05, 3.63) is 90.0 Å². The van der Waals surface area contributed by atoms with Crippen LogP contribution in [0.4, 0.5) is 5.69 Å². The van der Waals surface area contributed by atoms with Crippen LogP contribution >= 0.6 is 0 Å². The average Bonchev–Trinajstić information content (AvgIpc) is 2.88. The van der Waals surface area contributed by atoms with Gasteiger partial charge in [-0.25, -0.2) is 0 Å². The average molecular weight is 445 g/mol. The van der Waals surface area contributed by atoms with Gasteiger partial charge in [-0.15, -0.1) is 0 Å². The number of hydrogen-bond donors (Lipinski definition) is 1. The molecule has 0 aromatic heterocycles. The number of hydrogen-bond acceptors (Lipinski definition) is 4. The number of carbonyl (C=O) groups is 2. The number of amides is 2. The molecule has 1 saturated heterocycles. The topological polar surface area (TPSA) is 67.9 Å². The quantitative estimate of drug-likeness (QED) is 0.495. The number of rotatable bonds is 8. The van der Waals surface area contributed by atoms with Crippen LogP contribution in [0.15, 0.2) is 78.9 Å². The molecule has 1 fully saturated rings. The van der Waals surface area contributed by atoms with Crippen LogP contribution in [0.1, 0.15) is 40.0 Å². The van der Waals surface area contributed by atoms with Gasteiger partial charge in [-0.2, -0.15) is 0 Å². The van der Waals surface area contributed by atoms with E-state index in [1.807, 2.05) is 41.3 Å². The Kier molecular flexibility index (Phi) is 7.59. The van der Waals surface area contributed by atoms with Crippen molar-refractivity contribution in [3.63, 3.8) is 0 Å². The molecule has 6 nitrogen and oxygen atoms in total. The number of benzene rings is 3. The predicted octanol–water partition coefficient (Wildman–Crippen LogP) is 5.02. The van der Waals surface area contributed by atoms with Crippen LogP contribution in [0.2, 0.25) is 0 Å². The SMILES string of the molecule is O=C(Nc1ccc(C(=O)N2CCCCC2)cc1)c1ccccc1OCCOc1ccccc1. The Morgan fingerprint density at radius 1 is 0.758 bits per heavy atom. The molecule has 0 saturated carbocycles. The van der Waals surface area contributed by atoms with Crippen LogP contribution in [-0.4, -0.2) is 43.0 Å². The highest BCUT2D eigenvalue weighted by Crippen LogP contribution is 2.21. The van der Waals surface area contributed by atoms with Crippen LogP contribution < -0.4 is 14.8 Å². The maximum absolute atomic E-state index is 12.9. The molecule has 1 aliphatic heterocycles. The summed E-state index contributed by atoms with van der Waals surface area (Å²) in [4.78, 5) is 27.4. The zero-order valence-electron chi connectivity index (χ0n) is 18.5. The fourth-order valence-corrected chi connectivity index (χ4v) is 3.78. The first-order valence-corrected chi connectivity index (χ1v) is 11.3. The Morgan fingerprint density at radius 2 is 1.42 bits per heavy atom. The molecule has 1 heterocycles. The summed E-state index contributed by atoms with van der Waals surface area (Å²) in [5, 5.41) is 2.89. The van der Waals surface area contributed by atoms with E-state index in [9.17, 15) is 9.59 Å². The Balaban J connectivity index is 1.33. The Labute approximate surface area is 194 Å². The first-order valence-electron chi connectivity index (χ1n) is 11.3. The van der Waals surface area contributed by atoms with Crippen LogP contribution in [0.3, 0.4) is 0 Å². The fraction of sp³-hybridized carbons (Fsp3) is 0.259. The van der Waals surface area contributed by atoms with Gasteiger partial charge in [0.15, 0.2) is 0 Å². The van der Waals surface area contributed by atoms with Gasteiger partial charge in [-0.3, -0.25) is 9.59 Å². The van der Waals surface area contributed by atoms with Crippen molar-refractivity contribution in [1.82, 2.24) is 4.90 Å². The first kappa shape index (κ1) is 22.4. The number of piperidine rings is 1. The molecule has 0 radical (unpaired) electrons. The molecule has 2 amide bonds. The van der Waals surface area contributed by atoms with E-state index in [1.165, 1.54) is 6.42 Å². The summed E-state index contributed by atoms with van der Waals surface area (Å²) >= 11 is 0. The maximum Gasteiger partial charge on any atom is 0.259 e. The largest absolute Gasteiger partial charge is 0.490 e. The van der Waals surface area contributed by atoms with Gasteiger partial charge in [0, 0.05) is 24.3 Å². The normalized spacial score (nSPS) is 13.3. The second kappa shape index (κ2) is 11.2. The second-order valence-electron chi connectivity index (χ2n) is 7.89. The predicted molar refractivity (Wildman–Crippen MR) is 128 cm³/mol. The third-order valence-electron chi connectivity index (χ3n) is 5.52. The minimum Gasteiger partial charge on any atom is -0.490 e. The lowest BCUT2D eigenvalue weighted by Crippen LogP contribution is -2.35. The zero-order valence-corrected chi connectivity index (χ0v) is 18.5. The Hall–Kier alpha value is -3.80. The molecule has 170 valence electrons. The van der Waals surface area contributed by atoms with Crippen LogP contribution in [0, 0.1) is 0 Å². The highest BCUT2D eigenvalue weighted by atomic mass is 16.5. The molecule has 1 aliphatic rings. The summed E-state index contributed by atoms with van der Waals surface area (Å²) in [5.41, 5.74) is 1.69. The zero-order chi connectivity index (χ0) is 22.9. The molecule has 3 aromatic carbocycles. The summed E-state index contributed by atoms with van der Waals surface area (Å²) in [6, 6.07) is 23.6. The molecule has 0 unspecified atom stereocenters. The highest BCUT2D eigenvalue weighted by molar-refractivity contribution is 6.06. The van der Waals surface area contributed by atoms with Gasteiger partial charge in [0.05, 0.1) is 5.56 Å². The first-order chi connectivity index (χ1) is 16.2. The van der Waals surface area contributed by atoms with Gasteiger partial charge in [0.2, 0.25) is 0 Å². The lowest BCUT2D eigenvalue weighted by atomic mass is 10.1. The van der Waals surface area contributed by atoms with E-state index in [0.29, 0.717) is 35.8 Å². The summed E-state index contributed by atoms with van der Waals surface area (Å²) in [5.74, 6) is 1.03. The highest BCUT2D eigenvalue weighted by Gasteiger charge is 2.18. The van der Waals surface area contributed by atoms with E-state index in [4.69, 9.17) is 9.47 Å². The van der Waals surface area contributed by atoms with Gasteiger partial charge in [0.25, 0.3) is 11.8 Å². The summed E-state index contributed by atoms with van der Waals surface area (Å²) in [6.45, 7) is 2.30. The third kappa shape index (κ3) is 6.13. The molecule has 33 heavy (non-hydrogen) atoms. The Morgan fingerprint density at radius 3 is 2.18 bits per heavy atom. The van der Waals surface area contributed by atoms with E-state index in [-0.39, 0.29) is 11.8 Å². The molecule has 0 bridgehead atoms. The molecular weight excluding hydrogens is 416 g/mol. The van der Waals surface area contributed by atoms with Crippen LogP contribution in [0.25, 0.3) is 0 Å². The minimum atomic E-state index is -0.273. The van der Waals surface area contributed by atoms with Crippen LogP contribution in [-0.2, 0) is 0 Å². The van der Waals surface area contributed by atoms with Gasteiger partial charge in [-0.1, -0.05) is 30.3 Å². The van der Waals surface area contributed by atoms with Gasteiger partial charge in [-0.05, 0) is 67.8 Å². The number of para-hydroxylation sites is 2. The van der Waals surface area contributed by atoms with Gasteiger partial charge < -0.3 is 19.7 Å². The molecule has 3 aromatic rings. The summed E-state index contributed by atoms with van der Waals surface area (Å²) < 4.78 is 11.4. The van der Waals surface area contributed by atoms with E-state index in [2.05, 4.69) is 5.32 Å². The number of anilines is 1. The maximum atomic E-state index is 12.9. The van der Waals surface area contributed by atoms with Gasteiger partial charge >= 0.3 is 0 Å². The molecular formula is C27H28N2O4. The van der Waals surface area contributed by atoms with Crippen LogP contribution in [0.5, 0.6) is 11.5 Å². The second-order valence-corrected chi connectivity index (χ2v) is 7.89. The lowest BCUT2D eigenvalue weighted by Gasteiger charge is -2.26. The van der Waals surface area contributed by atoms with Crippen molar-refractivity contribution in [2.75, 3.05) is 31.6 Å². The van der Waals surface area contributed by atoms with Gasteiger partial charge in [0.1, 0.15) is 24.7 Å². The van der Waals surface area contributed by atoms with E-state index in [0.717, 1.165) is 31.7 Å². The van der Waals surface area contributed by atoms with Crippen molar-refractivity contribution < 1.29 is 19.1 Å². The Bertz CT molecular complexity index is 1060. The lowest BCUT2D eigenvalue weighted by molar-refractivity contribution is 0.0724. The minimum absolute atomic E-state index is 0.0454. The molecule has 1 N–H and O–H groups in total. The van der Waals surface area contributed by atoms with E-state index < -0.39 is 0 Å². The van der Waals surface area contributed by atoms with Crippen molar-refractivity contribution in [3.8, 4) is 11.5 Å². The molecule has 0 spiro atoms. The standard InChI is InChI=1S/C27H28N2O4/c30-26(28-22-15-13-21(14-16-22)27(31)29-17-7-2-8-18-29)24-11-5-6-12-25(24)33-20-19-32-23-9-3-1-4-10-23/h1,3-6,9-16H,2,7-8,17-20H2,(H,28,30). The van der Waals surface area contributed by atoms with Crippen molar-refractivity contribution in [2.24, 2.45) is 0 Å². The third-order valence-corrected chi connectivity index (χ3v) is 5.52. The number of ether oxygens (including phenoxy) is 2. The monoisotopic (exact) mass is 444 g/mol. The molecule has 0 aliphatic carbocycles. The number of nitrogens with one attached hydrogen (secondary N) is 1. The summed E-state index contributed by atoms with van der Waals surface area (Å²) in [7, 11) is 0. The smallest absolute Gasteiger partial charge is 0.259 e.